The van der Waals surface area contributed by atoms with Gasteiger partial charge in [-0.3, -0.25) is 9.52 Å². The van der Waals surface area contributed by atoms with E-state index in [9.17, 15) is 18.3 Å². The van der Waals surface area contributed by atoms with Crippen LogP contribution in [0.3, 0.4) is 0 Å². The second-order valence-corrected chi connectivity index (χ2v) is 9.84. The van der Waals surface area contributed by atoms with Crippen molar-refractivity contribution in [2.45, 2.75) is 31.2 Å². The lowest BCUT2D eigenvalue weighted by Crippen LogP contribution is -2.41. The molecule has 3 aromatic rings. The van der Waals surface area contributed by atoms with Crippen molar-refractivity contribution in [3.05, 3.63) is 48.0 Å². The number of hydrogen-bond acceptors (Lipinski definition) is 7. The molecule has 0 radical (unpaired) electrons. The van der Waals surface area contributed by atoms with Gasteiger partial charge >= 0.3 is 0 Å². The molecule has 3 N–H and O–H groups in total. The molecule has 0 aliphatic heterocycles. The topological polar surface area (TPSA) is 118 Å². The van der Waals surface area contributed by atoms with Crippen LogP contribution in [0.15, 0.2) is 47.4 Å². The molecule has 0 bridgehead atoms. The van der Waals surface area contributed by atoms with Crippen LogP contribution in [0.4, 0.5) is 5.13 Å². The first kappa shape index (κ1) is 23.0. The molecule has 0 spiro atoms. The SMILES string of the molecule is CCC(C)C(CO)NC(=O)c1ccc2nc(NS(=O)(=O)c3ccc(OC)cc3)sc2c1. The van der Waals surface area contributed by atoms with Crippen LogP contribution < -0.4 is 14.8 Å². The van der Waals surface area contributed by atoms with Crippen LogP contribution in [0.25, 0.3) is 10.2 Å². The number of rotatable bonds is 9. The molecule has 1 amide bonds. The van der Waals surface area contributed by atoms with E-state index < -0.39 is 10.0 Å². The molecule has 0 saturated carbocycles. The van der Waals surface area contributed by atoms with Crippen LogP contribution in [-0.4, -0.2) is 44.2 Å². The molecule has 1 heterocycles. The second-order valence-electron chi connectivity index (χ2n) is 7.13. The van der Waals surface area contributed by atoms with E-state index in [4.69, 9.17) is 4.74 Å². The Bertz CT molecular complexity index is 1160. The maximum absolute atomic E-state index is 12.6. The summed E-state index contributed by atoms with van der Waals surface area (Å²) >= 11 is 1.14. The molecule has 2 atom stereocenters. The van der Waals surface area contributed by atoms with Crippen molar-refractivity contribution in [2.24, 2.45) is 5.92 Å². The van der Waals surface area contributed by atoms with Gasteiger partial charge in [0.2, 0.25) is 0 Å². The summed E-state index contributed by atoms with van der Waals surface area (Å²) in [6, 6.07) is 10.7. The highest BCUT2D eigenvalue weighted by molar-refractivity contribution is 7.93. The minimum atomic E-state index is -3.81. The summed E-state index contributed by atoms with van der Waals surface area (Å²) in [4.78, 5) is 17.0. The van der Waals surface area contributed by atoms with Gasteiger partial charge in [0.05, 0.1) is 34.9 Å². The number of anilines is 1. The van der Waals surface area contributed by atoms with E-state index in [2.05, 4.69) is 15.0 Å². The highest BCUT2D eigenvalue weighted by Gasteiger charge is 2.20. The Morgan fingerprint density at radius 3 is 2.55 bits per heavy atom. The van der Waals surface area contributed by atoms with Crippen LogP contribution >= 0.6 is 11.3 Å². The first-order valence-electron chi connectivity index (χ1n) is 9.76. The number of aromatic nitrogens is 1. The van der Waals surface area contributed by atoms with Gasteiger partial charge in [-0.1, -0.05) is 31.6 Å². The Balaban J connectivity index is 1.79. The zero-order chi connectivity index (χ0) is 22.6. The molecule has 2 aromatic carbocycles. The van der Waals surface area contributed by atoms with Crippen LogP contribution in [0.5, 0.6) is 5.75 Å². The smallest absolute Gasteiger partial charge is 0.263 e. The number of amides is 1. The van der Waals surface area contributed by atoms with E-state index in [0.29, 0.717) is 21.5 Å². The van der Waals surface area contributed by atoms with Crippen LogP contribution in [0, 0.1) is 5.92 Å². The van der Waals surface area contributed by atoms with Crippen molar-refractivity contribution in [1.29, 1.82) is 0 Å². The predicted molar refractivity (Wildman–Crippen MR) is 121 cm³/mol. The van der Waals surface area contributed by atoms with E-state index in [1.807, 2.05) is 13.8 Å². The molecule has 0 aliphatic carbocycles. The number of aliphatic hydroxyl groups is 1. The van der Waals surface area contributed by atoms with E-state index in [0.717, 1.165) is 17.8 Å². The Morgan fingerprint density at radius 2 is 1.94 bits per heavy atom. The zero-order valence-electron chi connectivity index (χ0n) is 17.5. The number of carbonyl (C=O) groups is 1. The molecule has 0 saturated heterocycles. The third-order valence-electron chi connectivity index (χ3n) is 5.09. The fourth-order valence-corrected chi connectivity index (χ4v) is 5.08. The second kappa shape index (κ2) is 9.63. The normalized spacial score (nSPS) is 13.5. The van der Waals surface area contributed by atoms with Crippen LogP contribution in [0.2, 0.25) is 0 Å². The van der Waals surface area contributed by atoms with Crippen molar-refractivity contribution in [2.75, 3.05) is 18.4 Å². The maximum atomic E-state index is 12.6. The lowest BCUT2D eigenvalue weighted by atomic mass is 9.99. The van der Waals surface area contributed by atoms with Gasteiger partial charge in [0.1, 0.15) is 5.75 Å². The number of aliphatic hydroxyl groups excluding tert-OH is 1. The van der Waals surface area contributed by atoms with Crippen molar-refractivity contribution in [1.82, 2.24) is 10.3 Å². The molecule has 31 heavy (non-hydrogen) atoms. The third kappa shape index (κ3) is 5.33. The van der Waals surface area contributed by atoms with E-state index >= 15 is 0 Å². The van der Waals surface area contributed by atoms with Gasteiger partial charge < -0.3 is 15.2 Å². The quantitative estimate of drug-likeness (QED) is 0.448. The summed E-state index contributed by atoms with van der Waals surface area (Å²) < 4.78 is 33.5. The van der Waals surface area contributed by atoms with Gasteiger partial charge in [0.25, 0.3) is 15.9 Å². The first-order valence-corrected chi connectivity index (χ1v) is 12.1. The average Bonchev–Trinajstić information content (AvgIpc) is 3.17. The van der Waals surface area contributed by atoms with Gasteiger partial charge in [0.15, 0.2) is 5.13 Å². The number of sulfonamides is 1. The summed E-state index contributed by atoms with van der Waals surface area (Å²) in [5, 5.41) is 12.6. The summed E-state index contributed by atoms with van der Waals surface area (Å²) in [5.74, 6) is 0.400. The molecule has 10 heteroatoms. The number of benzene rings is 2. The summed E-state index contributed by atoms with van der Waals surface area (Å²) in [6.07, 6.45) is 0.830. The molecule has 166 valence electrons. The Labute approximate surface area is 185 Å². The summed E-state index contributed by atoms with van der Waals surface area (Å²) in [5.41, 5.74) is 0.997. The fourth-order valence-electron chi connectivity index (χ4n) is 2.94. The number of thiazole rings is 1. The molecule has 2 unspecified atom stereocenters. The van der Waals surface area contributed by atoms with Gasteiger partial charge in [0, 0.05) is 5.56 Å². The minimum Gasteiger partial charge on any atom is -0.497 e. The lowest BCUT2D eigenvalue weighted by molar-refractivity contribution is 0.0891. The maximum Gasteiger partial charge on any atom is 0.263 e. The third-order valence-corrected chi connectivity index (χ3v) is 7.50. The van der Waals surface area contributed by atoms with E-state index in [-0.39, 0.29) is 34.5 Å². The number of carbonyl (C=O) groups excluding carboxylic acids is 1. The molecule has 8 nitrogen and oxygen atoms in total. The molecule has 3 rings (SSSR count). The Hall–Kier alpha value is -2.69. The average molecular weight is 464 g/mol. The molecule has 0 aliphatic rings. The molecular weight excluding hydrogens is 438 g/mol. The predicted octanol–water partition coefficient (Wildman–Crippen LogP) is 3.24. The fraction of sp³-hybridized carbons (Fsp3) is 0.333. The zero-order valence-corrected chi connectivity index (χ0v) is 19.1. The standard InChI is InChI=1S/C21H25N3O5S2/c1-4-13(2)18(12-25)22-20(26)14-5-10-17-19(11-14)30-21(23-17)24-31(27,28)16-8-6-15(29-3)7-9-16/h5-11,13,18,25H,4,12H2,1-3H3,(H,22,26)(H,23,24). The highest BCUT2D eigenvalue weighted by Crippen LogP contribution is 2.29. The molecule has 0 fully saturated rings. The number of nitrogens with one attached hydrogen (secondary N) is 2. The largest absolute Gasteiger partial charge is 0.497 e. The monoisotopic (exact) mass is 463 g/mol. The number of hydrogen-bond donors (Lipinski definition) is 3. The lowest BCUT2D eigenvalue weighted by Gasteiger charge is -2.22. The molecule has 1 aromatic heterocycles. The first-order chi connectivity index (χ1) is 14.8. The van der Waals surface area contributed by atoms with Gasteiger partial charge in [-0.15, -0.1) is 0 Å². The van der Waals surface area contributed by atoms with E-state index in [1.165, 1.54) is 19.2 Å². The van der Waals surface area contributed by atoms with Crippen LogP contribution in [-0.2, 0) is 10.0 Å². The van der Waals surface area contributed by atoms with Crippen molar-refractivity contribution < 1.29 is 23.1 Å². The molecular formula is C21H25N3O5S2. The van der Waals surface area contributed by atoms with E-state index in [1.54, 1.807) is 30.3 Å². The Morgan fingerprint density at radius 1 is 1.23 bits per heavy atom. The highest BCUT2D eigenvalue weighted by atomic mass is 32.2. The van der Waals surface area contributed by atoms with Crippen LogP contribution in [0.1, 0.15) is 30.6 Å². The van der Waals surface area contributed by atoms with Gasteiger partial charge in [-0.05, 0) is 48.4 Å². The minimum absolute atomic E-state index is 0.0905. The summed E-state index contributed by atoms with van der Waals surface area (Å²) in [7, 11) is -2.30. The summed E-state index contributed by atoms with van der Waals surface area (Å²) in [6.45, 7) is 3.83. The number of fused-ring (bicyclic) bond motifs is 1. The van der Waals surface area contributed by atoms with Crippen molar-refractivity contribution in [3.63, 3.8) is 0 Å². The number of methoxy groups -OCH3 is 1. The number of ether oxygens (including phenoxy) is 1. The number of nitrogens with zero attached hydrogens (tertiary/aromatic N) is 1. The van der Waals surface area contributed by atoms with Gasteiger partial charge in [-0.25, -0.2) is 13.4 Å². The van der Waals surface area contributed by atoms with Gasteiger partial charge in [-0.2, -0.15) is 0 Å². The van der Waals surface area contributed by atoms with Crippen molar-refractivity contribution >= 4 is 42.6 Å². The van der Waals surface area contributed by atoms with Crippen molar-refractivity contribution in [3.8, 4) is 5.75 Å². The Kier molecular flexibility index (Phi) is 7.14.